The molecule has 0 aliphatic carbocycles. The molecule has 0 radical (unpaired) electrons. The number of rotatable bonds is 2. The molecule has 1 amide bonds. The summed E-state index contributed by atoms with van der Waals surface area (Å²) in [5.41, 5.74) is 3.77. The van der Waals surface area contributed by atoms with E-state index in [1.54, 1.807) is 0 Å². The molecule has 0 saturated heterocycles. The first-order valence-corrected chi connectivity index (χ1v) is 3.76. The minimum absolute atomic E-state index is 0.449. The van der Waals surface area contributed by atoms with Crippen LogP contribution in [0.15, 0.2) is 12.1 Å². The van der Waals surface area contributed by atoms with Gasteiger partial charge in [0.05, 0.1) is 5.56 Å². The molecule has 0 fully saturated rings. The lowest BCUT2D eigenvalue weighted by Gasteiger charge is -2.11. The molecule has 0 saturated carbocycles. The molecule has 0 unspecified atom stereocenters. The summed E-state index contributed by atoms with van der Waals surface area (Å²) < 4.78 is 64.3. The van der Waals surface area contributed by atoms with E-state index >= 15 is 0 Å². The van der Waals surface area contributed by atoms with E-state index in [4.69, 9.17) is 0 Å². The number of halogens is 5. The molecule has 0 bridgehead atoms. The Morgan fingerprint density at radius 3 is 2.25 bits per heavy atom. The molecule has 8 heteroatoms. The third-order valence-corrected chi connectivity index (χ3v) is 1.53. The number of amides is 1. The van der Waals surface area contributed by atoms with Crippen LogP contribution in [0.4, 0.5) is 22.0 Å². The van der Waals surface area contributed by atoms with Crippen molar-refractivity contribution in [3.05, 3.63) is 29.3 Å². The molecule has 0 aliphatic rings. The van der Waals surface area contributed by atoms with Crippen molar-refractivity contribution in [2.24, 2.45) is 5.73 Å². The Kier molecular flexibility index (Phi) is 3.02. The van der Waals surface area contributed by atoms with Gasteiger partial charge in [-0.15, -0.1) is 13.2 Å². The predicted molar refractivity (Wildman–Crippen MR) is 41.6 cm³/mol. The number of hydrogen-bond acceptors (Lipinski definition) is 2. The van der Waals surface area contributed by atoms with Crippen molar-refractivity contribution in [1.29, 1.82) is 0 Å². The maximum Gasteiger partial charge on any atom is 0.573 e. The molecule has 0 spiro atoms. The molecular weight excluding hydrogens is 237 g/mol. The summed E-state index contributed by atoms with van der Waals surface area (Å²) in [6.45, 7) is 0. The van der Waals surface area contributed by atoms with Gasteiger partial charge in [0.2, 0.25) is 5.75 Å². The number of carbonyl (C=O) groups excluding carboxylic acids is 1. The standard InChI is InChI=1S/C8H4F5NO2/c9-4-2-1-3(7(14)15)5(10)6(4)16-8(11,12)13/h1-2H,(H2,14,15). The Labute approximate surface area is 85.6 Å². The van der Waals surface area contributed by atoms with Crippen LogP contribution in [0.1, 0.15) is 10.4 Å². The van der Waals surface area contributed by atoms with E-state index in [1.165, 1.54) is 0 Å². The SMILES string of the molecule is NC(=O)c1ccc(F)c(OC(F)(F)F)c1F. The molecule has 0 aromatic heterocycles. The van der Waals surface area contributed by atoms with Crippen LogP contribution in [0.2, 0.25) is 0 Å². The minimum Gasteiger partial charge on any atom is -0.399 e. The Morgan fingerprint density at radius 1 is 1.25 bits per heavy atom. The van der Waals surface area contributed by atoms with Crippen molar-refractivity contribution >= 4 is 5.91 Å². The molecular formula is C8H4F5NO2. The predicted octanol–water partition coefficient (Wildman–Crippen LogP) is 1.96. The largest absolute Gasteiger partial charge is 0.573 e. The summed E-state index contributed by atoms with van der Waals surface area (Å²) in [6.07, 6.45) is -5.27. The van der Waals surface area contributed by atoms with Crippen LogP contribution in [-0.2, 0) is 0 Å². The Hall–Kier alpha value is -1.86. The van der Waals surface area contributed by atoms with Gasteiger partial charge < -0.3 is 10.5 Å². The second-order valence-corrected chi connectivity index (χ2v) is 2.65. The molecule has 1 aromatic rings. The lowest BCUT2D eigenvalue weighted by atomic mass is 10.2. The quantitative estimate of drug-likeness (QED) is 0.804. The highest BCUT2D eigenvalue weighted by Gasteiger charge is 2.34. The number of hydrogen-bond donors (Lipinski definition) is 1. The number of nitrogens with two attached hydrogens (primary N) is 1. The van der Waals surface area contributed by atoms with Crippen LogP contribution in [0.3, 0.4) is 0 Å². The van der Waals surface area contributed by atoms with E-state index in [0.29, 0.717) is 12.1 Å². The first kappa shape index (κ1) is 12.2. The lowest BCUT2D eigenvalue weighted by Crippen LogP contribution is -2.21. The molecule has 88 valence electrons. The van der Waals surface area contributed by atoms with E-state index in [9.17, 15) is 26.7 Å². The number of benzene rings is 1. The molecule has 0 aliphatic heterocycles. The van der Waals surface area contributed by atoms with Gasteiger partial charge in [0.25, 0.3) is 5.91 Å². The maximum atomic E-state index is 13.1. The van der Waals surface area contributed by atoms with Gasteiger partial charge in [-0.25, -0.2) is 8.78 Å². The first-order chi connectivity index (χ1) is 7.22. The van der Waals surface area contributed by atoms with Crippen molar-refractivity contribution in [2.75, 3.05) is 0 Å². The smallest absolute Gasteiger partial charge is 0.399 e. The van der Waals surface area contributed by atoms with Crippen molar-refractivity contribution in [3.8, 4) is 5.75 Å². The second-order valence-electron chi connectivity index (χ2n) is 2.65. The molecule has 1 aromatic carbocycles. The van der Waals surface area contributed by atoms with E-state index in [2.05, 4.69) is 10.5 Å². The first-order valence-electron chi connectivity index (χ1n) is 3.76. The highest BCUT2D eigenvalue weighted by molar-refractivity contribution is 5.93. The van der Waals surface area contributed by atoms with E-state index in [1.807, 2.05) is 0 Å². The van der Waals surface area contributed by atoms with Gasteiger partial charge in [0, 0.05) is 0 Å². The summed E-state index contributed by atoms with van der Waals surface area (Å²) in [5, 5.41) is 0. The van der Waals surface area contributed by atoms with Gasteiger partial charge in [0.15, 0.2) is 11.6 Å². The summed E-state index contributed by atoms with van der Waals surface area (Å²) in [6, 6.07) is 1.07. The van der Waals surface area contributed by atoms with Gasteiger partial charge in [-0.2, -0.15) is 0 Å². The average Bonchev–Trinajstić information content (AvgIpc) is 2.10. The molecule has 3 nitrogen and oxygen atoms in total. The topological polar surface area (TPSA) is 52.3 Å². The minimum atomic E-state index is -5.27. The van der Waals surface area contributed by atoms with Crippen LogP contribution >= 0.6 is 0 Å². The average molecular weight is 241 g/mol. The molecule has 1 rings (SSSR count). The maximum absolute atomic E-state index is 13.1. The molecule has 2 N–H and O–H groups in total. The fourth-order valence-corrected chi connectivity index (χ4v) is 0.932. The second kappa shape index (κ2) is 3.95. The Bertz CT molecular complexity index is 429. The van der Waals surface area contributed by atoms with Crippen LogP contribution in [0.25, 0.3) is 0 Å². The van der Waals surface area contributed by atoms with Crippen molar-refractivity contribution in [3.63, 3.8) is 0 Å². The molecule has 16 heavy (non-hydrogen) atoms. The monoisotopic (exact) mass is 241 g/mol. The number of ether oxygens (including phenoxy) is 1. The van der Waals surface area contributed by atoms with Gasteiger partial charge in [0.1, 0.15) is 0 Å². The highest BCUT2D eigenvalue weighted by Crippen LogP contribution is 2.29. The number of carbonyl (C=O) groups is 1. The summed E-state index contributed by atoms with van der Waals surface area (Å²) >= 11 is 0. The summed E-state index contributed by atoms with van der Waals surface area (Å²) in [7, 11) is 0. The normalized spacial score (nSPS) is 11.3. The van der Waals surface area contributed by atoms with E-state index < -0.39 is 35.2 Å². The fourth-order valence-electron chi connectivity index (χ4n) is 0.932. The van der Waals surface area contributed by atoms with E-state index in [-0.39, 0.29) is 0 Å². The zero-order valence-corrected chi connectivity index (χ0v) is 7.44. The van der Waals surface area contributed by atoms with Crippen LogP contribution < -0.4 is 10.5 Å². The van der Waals surface area contributed by atoms with Gasteiger partial charge in [-0.1, -0.05) is 0 Å². The zero-order valence-electron chi connectivity index (χ0n) is 7.44. The Morgan fingerprint density at radius 2 is 1.81 bits per heavy atom. The van der Waals surface area contributed by atoms with Gasteiger partial charge in [-0.3, -0.25) is 4.79 Å². The van der Waals surface area contributed by atoms with Crippen LogP contribution in [0.5, 0.6) is 5.75 Å². The van der Waals surface area contributed by atoms with Crippen molar-refractivity contribution in [2.45, 2.75) is 6.36 Å². The highest BCUT2D eigenvalue weighted by atomic mass is 19.4. The number of alkyl halides is 3. The summed E-state index contributed by atoms with van der Waals surface area (Å²) in [5.74, 6) is -6.40. The third-order valence-electron chi connectivity index (χ3n) is 1.53. The van der Waals surface area contributed by atoms with Gasteiger partial charge in [-0.05, 0) is 12.1 Å². The fraction of sp³-hybridized carbons (Fsp3) is 0.125. The van der Waals surface area contributed by atoms with Crippen molar-refractivity contribution < 1.29 is 31.5 Å². The third kappa shape index (κ3) is 2.59. The zero-order chi connectivity index (χ0) is 12.5. The van der Waals surface area contributed by atoms with Crippen LogP contribution in [0, 0.1) is 11.6 Å². The Balaban J connectivity index is 3.27. The lowest BCUT2D eigenvalue weighted by molar-refractivity contribution is -0.276. The molecule has 0 heterocycles. The van der Waals surface area contributed by atoms with Gasteiger partial charge >= 0.3 is 6.36 Å². The van der Waals surface area contributed by atoms with Crippen LogP contribution in [-0.4, -0.2) is 12.3 Å². The molecule has 0 atom stereocenters. The van der Waals surface area contributed by atoms with E-state index in [0.717, 1.165) is 0 Å². The van der Waals surface area contributed by atoms with Crippen molar-refractivity contribution in [1.82, 2.24) is 0 Å². The summed E-state index contributed by atoms with van der Waals surface area (Å²) in [4.78, 5) is 10.6. The number of primary amides is 1.